The van der Waals surface area contributed by atoms with Crippen molar-refractivity contribution in [3.05, 3.63) is 103 Å². The van der Waals surface area contributed by atoms with Gasteiger partial charge in [0.2, 0.25) is 0 Å². The summed E-state index contributed by atoms with van der Waals surface area (Å²) in [6, 6.07) is 18.1. The number of carbonyl (C=O) groups excluding carboxylic acids is 1. The maximum atomic E-state index is 13.2. The molecule has 0 radical (unpaired) electrons. The number of aromatic amines is 1. The van der Waals surface area contributed by atoms with Crippen molar-refractivity contribution in [2.75, 3.05) is 6.54 Å². The Morgan fingerprint density at radius 3 is 2.58 bits per heavy atom. The molecule has 2 heterocycles. The first kappa shape index (κ1) is 21.1. The van der Waals surface area contributed by atoms with E-state index in [1.807, 2.05) is 49.6 Å². The highest BCUT2D eigenvalue weighted by atomic mass is 32.1. The van der Waals surface area contributed by atoms with Crippen LogP contribution in [0.5, 0.6) is 0 Å². The van der Waals surface area contributed by atoms with Gasteiger partial charge in [-0.05, 0) is 67.5 Å². The smallest absolute Gasteiger partial charge is 0.264 e. The van der Waals surface area contributed by atoms with E-state index in [-0.39, 0.29) is 18.0 Å². The third kappa shape index (κ3) is 4.78. The molecule has 4 rings (SSSR count). The average molecular weight is 431 g/mol. The monoisotopic (exact) mass is 430 g/mol. The van der Waals surface area contributed by atoms with Gasteiger partial charge in [-0.25, -0.2) is 0 Å². The molecule has 0 aliphatic rings. The van der Waals surface area contributed by atoms with Gasteiger partial charge in [-0.15, -0.1) is 11.3 Å². The van der Waals surface area contributed by atoms with Crippen LogP contribution in [0.25, 0.3) is 10.9 Å². The number of fused-ring (bicyclic) bond motifs is 1. The fraction of sp³-hybridized carbons (Fsp3) is 0.231. The van der Waals surface area contributed by atoms with Gasteiger partial charge in [0, 0.05) is 23.0 Å². The molecule has 0 atom stereocenters. The van der Waals surface area contributed by atoms with Crippen LogP contribution in [-0.4, -0.2) is 22.3 Å². The SMILES string of the molecule is Cc1cccc(CCN(Cc2cc3c(C)cc(C)cc3[nH]c2=O)C(=O)c2cccs2)c1. The summed E-state index contributed by atoms with van der Waals surface area (Å²) in [7, 11) is 0. The number of hydrogen-bond donors (Lipinski definition) is 1. The molecule has 4 nitrogen and oxygen atoms in total. The Labute approximate surface area is 186 Å². The molecule has 0 spiro atoms. The summed E-state index contributed by atoms with van der Waals surface area (Å²) in [4.78, 5) is 31.5. The first-order chi connectivity index (χ1) is 14.9. The zero-order valence-corrected chi connectivity index (χ0v) is 18.9. The van der Waals surface area contributed by atoms with Crippen molar-refractivity contribution in [2.45, 2.75) is 33.7 Å². The maximum Gasteiger partial charge on any atom is 0.264 e. The minimum atomic E-state index is -0.142. The molecule has 0 fully saturated rings. The molecule has 4 aromatic rings. The van der Waals surface area contributed by atoms with Crippen LogP contribution in [0, 0.1) is 20.8 Å². The molecule has 31 heavy (non-hydrogen) atoms. The van der Waals surface area contributed by atoms with Gasteiger partial charge in [0.1, 0.15) is 0 Å². The van der Waals surface area contributed by atoms with Gasteiger partial charge in [-0.1, -0.05) is 42.0 Å². The predicted molar refractivity (Wildman–Crippen MR) is 128 cm³/mol. The molecule has 2 aromatic carbocycles. The molecule has 0 aliphatic carbocycles. The van der Waals surface area contributed by atoms with E-state index in [0.717, 1.165) is 28.5 Å². The third-order valence-corrected chi connectivity index (χ3v) is 6.38. The van der Waals surface area contributed by atoms with Crippen molar-refractivity contribution < 1.29 is 4.79 Å². The Morgan fingerprint density at radius 1 is 1.00 bits per heavy atom. The number of H-pyrrole nitrogens is 1. The molecule has 5 heteroatoms. The summed E-state index contributed by atoms with van der Waals surface area (Å²) in [6.07, 6.45) is 0.739. The van der Waals surface area contributed by atoms with E-state index in [1.54, 1.807) is 4.90 Å². The average Bonchev–Trinajstić information content (AvgIpc) is 3.26. The lowest BCUT2D eigenvalue weighted by molar-refractivity contribution is 0.0749. The molecule has 2 aromatic heterocycles. The van der Waals surface area contributed by atoms with E-state index in [9.17, 15) is 9.59 Å². The summed E-state index contributed by atoms with van der Waals surface area (Å²) < 4.78 is 0. The molecular formula is C26H26N2O2S. The second-order valence-corrected chi connectivity index (χ2v) is 9.06. The number of nitrogens with one attached hydrogen (secondary N) is 1. The minimum absolute atomic E-state index is 0.0391. The largest absolute Gasteiger partial charge is 0.333 e. The third-order valence-electron chi connectivity index (χ3n) is 5.52. The van der Waals surface area contributed by atoms with E-state index in [2.05, 4.69) is 36.2 Å². The van der Waals surface area contributed by atoms with Crippen molar-refractivity contribution in [1.82, 2.24) is 9.88 Å². The van der Waals surface area contributed by atoms with Crippen molar-refractivity contribution in [2.24, 2.45) is 0 Å². The number of nitrogens with zero attached hydrogens (tertiary/aromatic N) is 1. The van der Waals surface area contributed by atoms with Crippen LogP contribution < -0.4 is 5.56 Å². The second kappa shape index (κ2) is 8.90. The highest BCUT2D eigenvalue weighted by molar-refractivity contribution is 7.12. The van der Waals surface area contributed by atoms with Crippen LogP contribution >= 0.6 is 11.3 Å². The van der Waals surface area contributed by atoms with Gasteiger partial charge >= 0.3 is 0 Å². The second-order valence-electron chi connectivity index (χ2n) is 8.11. The van der Waals surface area contributed by atoms with Crippen molar-refractivity contribution in [3.63, 3.8) is 0 Å². The molecule has 0 saturated carbocycles. The zero-order chi connectivity index (χ0) is 22.0. The Kier molecular flexibility index (Phi) is 6.05. The highest BCUT2D eigenvalue weighted by Gasteiger charge is 2.19. The number of amides is 1. The van der Waals surface area contributed by atoms with Crippen LogP contribution in [-0.2, 0) is 13.0 Å². The van der Waals surface area contributed by atoms with Gasteiger partial charge < -0.3 is 9.88 Å². The van der Waals surface area contributed by atoms with Gasteiger partial charge in [0.25, 0.3) is 11.5 Å². The fourth-order valence-electron chi connectivity index (χ4n) is 3.98. The molecule has 158 valence electrons. The van der Waals surface area contributed by atoms with E-state index < -0.39 is 0 Å². The summed E-state index contributed by atoms with van der Waals surface area (Å²) >= 11 is 1.43. The number of aryl methyl sites for hydroxylation is 3. The molecule has 0 bridgehead atoms. The summed E-state index contributed by atoms with van der Waals surface area (Å²) in [5.74, 6) is -0.0391. The summed E-state index contributed by atoms with van der Waals surface area (Å²) in [5, 5.41) is 2.92. The summed E-state index contributed by atoms with van der Waals surface area (Å²) in [5.41, 5.74) is 5.91. The Balaban J connectivity index is 1.66. The summed E-state index contributed by atoms with van der Waals surface area (Å²) in [6.45, 7) is 6.96. The van der Waals surface area contributed by atoms with Gasteiger partial charge in [-0.3, -0.25) is 9.59 Å². The Morgan fingerprint density at radius 2 is 1.84 bits per heavy atom. The quantitative estimate of drug-likeness (QED) is 0.445. The molecule has 1 amide bonds. The highest BCUT2D eigenvalue weighted by Crippen LogP contribution is 2.20. The minimum Gasteiger partial charge on any atom is -0.333 e. The van der Waals surface area contributed by atoms with Crippen molar-refractivity contribution in [3.8, 4) is 0 Å². The van der Waals surface area contributed by atoms with Gasteiger partial charge in [0.05, 0.1) is 11.4 Å². The molecule has 1 N–H and O–H groups in total. The van der Waals surface area contributed by atoms with Crippen LogP contribution in [0.15, 0.2) is 64.8 Å². The molecular weight excluding hydrogens is 404 g/mol. The molecule has 0 unspecified atom stereocenters. The van der Waals surface area contributed by atoms with Crippen LogP contribution in [0.2, 0.25) is 0 Å². The molecule has 0 saturated heterocycles. The van der Waals surface area contributed by atoms with Crippen molar-refractivity contribution >= 4 is 28.1 Å². The Bertz CT molecular complexity index is 1290. The fourth-order valence-corrected chi connectivity index (χ4v) is 4.67. The zero-order valence-electron chi connectivity index (χ0n) is 18.1. The number of hydrogen-bond acceptors (Lipinski definition) is 3. The first-order valence-electron chi connectivity index (χ1n) is 10.4. The van der Waals surface area contributed by atoms with Crippen molar-refractivity contribution in [1.29, 1.82) is 0 Å². The van der Waals surface area contributed by atoms with Gasteiger partial charge in [-0.2, -0.15) is 0 Å². The topological polar surface area (TPSA) is 53.2 Å². The number of rotatable bonds is 6. The normalized spacial score (nSPS) is 11.1. The van der Waals surface area contributed by atoms with Gasteiger partial charge in [0.15, 0.2) is 0 Å². The number of carbonyl (C=O) groups is 1. The number of benzene rings is 2. The van der Waals surface area contributed by atoms with E-state index in [0.29, 0.717) is 17.0 Å². The lowest BCUT2D eigenvalue weighted by atomic mass is 10.0. The van der Waals surface area contributed by atoms with Crippen LogP contribution in [0.4, 0.5) is 0 Å². The lowest BCUT2D eigenvalue weighted by Gasteiger charge is -2.22. The van der Waals surface area contributed by atoms with E-state index in [4.69, 9.17) is 0 Å². The first-order valence-corrected chi connectivity index (χ1v) is 11.3. The Hall–Kier alpha value is -3.18. The van der Waals surface area contributed by atoms with E-state index in [1.165, 1.54) is 22.5 Å². The number of pyridine rings is 1. The standard InChI is InChI=1S/C26H26N2O2S/c1-17-6-4-7-20(13-17)9-10-28(26(30)24-8-5-11-31-24)16-21-15-22-19(3)12-18(2)14-23(22)27-25(21)29/h4-8,11-15H,9-10,16H2,1-3H3,(H,27,29). The maximum absolute atomic E-state index is 13.2. The molecule has 0 aliphatic heterocycles. The lowest BCUT2D eigenvalue weighted by Crippen LogP contribution is -2.34. The number of thiophene rings is 1. The van der Waals surface area contributed by atoms with E-state index >= 15 is 0 Å². The predicted octanol–water partition coefficient (Wildman–Crippen LogP) is 5.40. The number of aromatic nitrogens is 1. The van der Waals surface area contributed by atoms with Crippen LogP contribution in [0.1, 0.15) is 37.5 Å². The van der Waals surface area contributed by atoms with Crippen LogP contribution in [0.3, 0.4) is 0 Å².